The average molecular weight is 447 g/mol. The summed E-state index contributed by atoms with van der Waals surface area (Å²) in [4.78, 5) is 24.2. The maximum Gasteiger partial charge on any atom is 0.260 e. The van der Waals surface area contributed by atoms with Crippen molar-refractivity contribution in [3.8, 4) is 0 Å². The molecule has 5 rings (SSSR count). The van der Waals surface area contributed by atoms with E-state index in [1.807, 2.05) is 71.4 Å². The quantitative estimate of drug-likeness (QED) is 0.319. The highest BCUT2D eigenvalue weighted by molar-refractivity contribution is 7.22. The van der Waals surface area contributed by atoms with Crippen molar-refractivity contribution < 1.29 is 4.79 Å². The molecule has 0 aliphatic rings. The number of halogens is 1. The number of nitrogens with zero attached hydrogens (tertiary/aromatic N) is 4. The molecule has 0 unspecified atom stereocenters. The third kappa shape index (κ3) is 4.17. The number of rotatable bonds is 6. The summed E-state index contributed by atoms with van der Waals surface area (Å²) >= 11 is 7.64. The van der Waals surface area contributed by atoms with E-state index in [2.05, 4.69) is 4.98 Å². The molecule has 154 valence electrons. The Bertz CT molecular complexity index is 1360. The van der Waals surface area contributed by atoms with E-state index in [4.69, 9.17) is 16.6 Å². The van der Waals surface area contributed by atoms with Crippen molar-refractivity contribution in [2.24, 2.45) is 0 Å². The molecule has 2 aromatic heterocycles. The number of amides is 1. The van der Waals surface area contributed by atoms with Gasteiger partial charge in [0, 0.05) is 36.1 Å². The standard InChI is InChI=1S/C24H19ClN4OS/c25-20-8-9-21-22(15-20)31-24(27-21)29(12-3-11-28-13-10-26-16-28)23(30)19-7-6-17-4-1-2-5-18(17)14-19/h1-2,4-10,13-16H,3,11-12H2. The van der Waals surface area contributed by atoms with Crippen LogP contribution >= 0.6 is 22.9 Å². The van der Waals surface area contributed by atoms with E-state index in [9.17, 15) is 4.79 Å². The van der Waals surface area contributed by atoms with Crippen molar-refractivity contribution in [2.45, 2.75) is 13.0 Å². The van der Waals surface area contributed by atoms with E-state index in [0.717, 1.165) is 34.0 Å². The molecule has 0 bridgehead atoms. The first-order valence-corrected chi connectivity index (χ1v) is 11.2. The van der Waals surface area contributed by atoms with Crippen LogP contribution < -0.4 is 4.90 Å². The van der Waals surface area contributed by atoms with E-state index < -0.39 is 0 Å². The van der Waals surface area contributed by atoms with Gasteiger partial charge in [0.05, 0.1) is 16.5 Å². The van der Waals surface area contributed by atoms with Gasteiger partial charge in [0.15, 0.2) is 5.13 Å². The maximum absolute atomic E-state index is 13.6. The van der Waals surface area contributed by atoms with Crippen LogP contribution in [0.4, 0.5) is 5.13 Å². The summed E-state index contributed by atoms with van der Waals surface area (Å²) in [5.41, 5.74) is 1.49. The van der Waals surface area contributed by atoms with Gasteiger partial charge in [-0.2, -0.15) is 0 Å². The molecular formula is C24H19ClN4OS. The summed E-state index contributed by atoms with van der Waals surface area (Å²) in [7, 11) is 0. The number of carbonyl (C=O) groups excluding carboxylic acids is 1. The van der Waals surface area contributed by atoms with Crippen LogP contribution in [0.25, 0.3) is 21.0 Å². The molecule has 0 fully saturated rings. The van der Waals surface area contributed by atoms with Crippen LogP contribution in [0.1, 0.15) is 16.8 Å². The molecule has 7 heteroatoms. The largest absolute Gasteiger partial charge is 0.337 e. The van der Waals surface area contributed by atoms with Gasteiger partial charge in [-0.3, -0.25) is 9.69 Å². The molecule has 0 radical (unpaired) electrons. The van der Waals surface area contributed by atoms with Crippen LogP contribution in [0, 0.1) is 0 Å². The van der Waals surface area contributed by atoms with Crippen molar-refractivity contribution >= 4 is 55.0 Å². The summed E-state index contributed by atoms with van der Waals surface area (Å²) < 4.78 is 2.98. The Labute approximate surface area is 188 Å². The van der Waals surface area contributed by atoms with Gasteiger partial charge in [0.1, 0.15) is 0 Å². The SMILES string of the molecule is O=C(c1ccc2ccccc2c1)N(CCCn1ccnc1)c1nc2ccc(Cl)cc2s1. The van der Waals surface area contributed by atoms with E-state index in [0.29, 0.717) is 22.3 Å². The van der Waals surface area contributed by atoms with Gasteiger partial charge >= 0.3 is 0 Å². The van der Waals surface area contributed by atoms with Gasteiger partial charge < -0.3 is 4.57 Å². The number of anilines is 1. The van der Waals surface area contributed by atoms with Crippen LogP contribution in [-0.2, 0) is 6.54 Å². The predicted molar refractivity (Wildman–Crippen MR) is 127 cm³/mol. The topological polar surface area (TPSA) is 51.0 Å². The summed E-state index contributed by atoms with van der Waals surface area (Å²) in [5, 5.41) is 3.50. The Morgan fingerprint density at radius 1 is 1.06 bits per heavy atom. The number of imidazole rings is 1. The van der Waals surface area contributed by atoms with Gasteiger partial charge in [-0.1, -0.05) is 53.3 Å². The molecule has 5 aromatic rings. The van der Waals surface area contributed by atoms with E-state index >= 15 is 0 Å². The Balaban J connectivity index is 1.48. The van der Waals surface area contributed by atoms with Gasteiger partial charge in [-0.15, -0.1) is 0 Å². The first kappa shape index (κ1) is 19.7. The van der Waals surface area contributed by atoms with Crippen molar-refractivity contribution in [2.75, 3.05) is 11.4 Å². The average Bonchev–Trinajstić information content (AvgIpc) is 3.45. The van der Waals surface area contributed by atoms with E-state index in [1.54, 1.807) is 17.4 Å². The number of hydrogen-bond acceptors (Lipinski definition) is 4. The minimum atomic E-state index is -0.0541. The van der Waals surface area contributed by atoms with Crippen molar-refractivity contribution in [3.63, 3.8) is 0 Å². The molecule has 0 saturated heterocycles. The van der Waals surface area contributed by atoms with Crippen LogP contribution in [0.15, 0.2) is 79.4 Å². The van der Waals surface area contributed by atoms with Gasteiger partial charge in [0.2, 0.25) is 0 Å². The number of fused-ring (bicyclic) bond motifs is 2. The summed E-state index contributed by atoms with van der Waals surface area (Å²) in [6.07, 6.45) is 6.26. The zero-order chi connectivity index (χ0) is 21.2. The minimum absolute atomic E-state index is 0.0541. The van der Waals surface area contributed by atoms with Crippen LogP contribution in [-0.4, -0.2) is 27.0 Å². The molecule has 0 saturated carbocycles. The molecule has 0 spiro atoms. The van der Waals surface area contributed by atoms with Gasteiger partial charge in [0.25, 0.3) is 5.91 Å². The normalized spacial score (nSPS) is 11.3. The fourth-order valence-electron chi connectivity index (χ4n) is 3.59. The second kappa shape index (κ2) is 8.49. The fraction of sp³-hybridized carbons (Fsp3) is 0.125. The molecule has 0 atom stereocenters. The molecule has 0 aliphatic carbocycles. The lowest BCUT2D eigenvalue weighted by Crippen LogP contribution is -2.32. The highest BCUT2D eigenvalue weighted by Gasteiger charge is 2.21. The third-order valence-corrected chi connectivity index (χ3v) is 6.45. The maximum atomic E-state index is 13.6. The van der Waals surface area contributed by atoms with Crippen molar-refractivity contribution in [1.82, 2.24) is 14.5 Å². The molecule has 31 heavy (non-hydrogen) atoms. The number of hydrogen-bond donors (Lipinski definition) is 0. The number of carbonyl (C=O) groups is 1. The zero-order valence-electron chi connectivity index (χ0n) is 16.6. The molecule has 5 nitrogen and oxygen atoms in total. The molecule has 1 amide bonds. The van der Waals surface area contributed by atoms with Crippen LogP contribution in [0.3, 0.4) is 0 Å². The highest BCUT2D eigenvalue weighted by atomic mass is 35.5. The monoisotopic (exact) mass is 446 g/mol. The van der Waals surface area contributed by atoms with Gasteiger partial charge in [-0.25, -0.2) is 9.97 Å². The Morgan fingerprint density at radius 2 is 1.94 bits per heavy atom. The highest BCUT2D eigenvalue weighted by Crippen LogP contribution is 2.32. The Hall–Kier alpha value is -3.22. The van der Waals surface area contributed by atoms with Crippen LogP contribution in [0.5, 0.6) is 0 Å². The lowest BCUT2D eigenvalue weighted by atomic mass is 10.1. The number of aryl methyl sites for hydroxylation is 1. The van der Waals surface area contributed by atoms with Crippen LogP contribution in [0.2, 0.25) is 5.02 Å². The third-order valence-electron chi connectivity index (χ3n) is 5.17. The summed E-state index contributed by atoms with van der Waals surface area (Å²) in [6, 6.07) is 19.5. The summed E-state index contributed by atoms with van der Waals surface area (Å²) in [5.74, 6) is -0.0541. The lowest BCUT2D eigenvalue weighted by molar-refractivity contribution is 0.0986. The first-order chi connectivity index (χ1) is 15.2. The second-order valence-corrected chi connectivity index (χ2v) is 8.73. The molecule has 0 aliphatic heterocycles. The molecule has 0 N–H and O–H groups in total. The second-order valence-electron chi connectivity index (χ2n) is 7.28. The number of benzene rings is 3. The number of aromatic nitrogens is 3. The Kier molecular flexibility index (Phi) is 5.40. The fourth-order valence-corrected chi connectivity index (χ4v) is 4.86. The zero-order valence-corrected chi connectivity index (χ0v) is 18.2. The first-order valence-electron chi connectivity index (χ1n) is 10.00. The van der Waals surface area contributed by atoms with E-state index in [-0.39, 0.29) is 5.91 Å². The molecule has 2 heterocycles. The number of thiazole rings is 1. The summed E-state index contributed by atoms with van der Waals surface area (Å²) in [6.45, 7) is 1.33. The van der Waals surface area contributed by atoms with Crippen molar-refractivity contribution in [3.05, 3.63) is 90.0 Å². The van der Waals surface area contributed by atoms with Gasteiger partial charge in [-0.05, 0) is 47.5 Å². The minimum Gasteiger partial charge on any atom is -0.337 e. The van der Waals surface area contributed by atoms with E-state index in [1.165, 1.54) is 11.3 Å². The molecule has 3 aromatic carbocycles. The van der Waals surface area contributed by atoms with Crippen molar-refractivity contribution in [1.29, 1.82) is 0 Å². The lowest BCUT2D eigenvalue weighted by Gasteiger charge is -2.20. The Morgan fingerprint density at radius 3 is 2.77 bits per heavy atom. The smallest absolute Gasteiger partial charge is 0.260 e. The predicted octanol–water partition coefficient (Wildman–Crippen LogP) is 6.04. The molecular weight excluding hydrogens is 428 g/mol.